The first-order valence-corrected chi connectivity index (χ1v) is 10.2. The number of halogens is 1. The van der Waals surface area contributed by atoms with Crippen LogP contribution in [0.15, 0.2) is 66.7 Å². The summed E-state index contributed by atoms with van der Waals surface area (Å²) in [6.45, 7) is 3.24. The number of nitrogens with zero attached hydrogens (tertiary/aromatic N) is 6. The molecule has 1 aliphatic rings. The highest BCUT2D eigenvalue weighted by atomic mass is 19.1. The van der Waals surface area contributed by atoms with E-state index in [9.17, 15) is 9.18 Å². The first-order chi connectivity index (χ1) is 15.2. The largest absolute Gasteiger partial charge is 0.336 e. The lowest BCUT2D eigenvalue weighted by atomic mass is 10.1. The Morgan fingerprint density at radius 2 is 1.65 bits per heavy atom. The van der Waals surface area contributed by atoms with E-state index in [1.54, 1.807) is 12.1 Å². The summed E-state index contributed by atoms with van der Waals surface area (Å²) in [4.78, 5) is 18.5. The van der Waals surface area contributed by atoms with E-state index in [1.807, 2.05) is 47.4 Å². The molecule has 1 aliphatic heterocycles. The molecule has 7 nitrogen and oxygen atoms in total. The molecular formula is C23H21FN6O. The molecule has 5 rings (SSSR count). The second-order valence-electron chi connectivity index (χ2n) is 7.61. The number of amides is 1. The average Bonchev–Trinajstić information content (AvgIpc) is 3.27. The van der Waals surface area contributed by atoms with Crippen molar-refractivity contribution in [2.45, 2.75) is 6.67 Å². The fourth-order valence-corrected chi connectivity index (χ4v) is 3.79. The molecule has 8 heteroatoms. The summed E-state index contributed by atoms with van der Waals surface area (Å²) >= 11 is 0. The van der Waals surface area contributed by atoms with Crippen molar-refractivity contribution in [1.82, 2.24) is 30.0 Å². The standard InChI is InChI=1S/C23H21FN6O/c24-21-9-7-18(8-10-21)22-25-27-30(26-22)16-28-11-13-29(14-12-28)23(31)20-6-5-17-3-1-2-4-19(17)15-20/h1-10,15H,11-14,16H2. The van der Waals surface area contributed by atoms with E-state index in [-0.39, 0.29) is 11.7 Å². The maximum absolute atomic E-state index is 13.1. The van der Waals surface area contributed by atoms with E-state index in [4.69, 9.17) is 0 Å². The molecule has 156 valence electrons. The Morgan fingerprint density at radius 3 is 2.42 bits per heavy atom. The Hall–Kier alpha value is -3.65. The normalized spacial score (nSPS) is 14.8. The maximum Gasteiger partial charge on any atom is 0.253 e. The molecule has 0 unspecified atom stereocenters. The van der Waals surface area contributed by atoms with Crippen LogP contribution in [0.1, 0.15) is 10.4 Å². The van der Waals surface area contributed by atoms with Crippen molar-refractivity contribution in [1.29, 1.82) is 0 Å². The Labute approximate surface area is 178 Å². The molecule has 1 saturated heterocycles. The first kappa shape index (κ1) is 19.3. The quantitative estimate of drug-likeness (QED) is 0.512. The van der Waals surface area contributed by atoms with Crippen LogP contribution < -0.4 is 0 Å². The number of rotatable bonds is 4. The van der Waals surface area contributed by atoms with Crippen LogP contribution in [0.2, 0.25) is 0 Å². The van der Waals surface area contributed by atoms with Crippen molar-refractivity contribution in [3.05, 3.63) is 78.1 Å². The molecule has 1 aromatic heterocycles. The second-order valence-corrected chi connectivity index (χ2v) is 7.61. The summed E-state index contributed by atoms with van der Waals surface area (Å²) < 4.78 is 13.1. The molecule has 0 spiro atoms. The van der Waals surface area contributed by atoms with Crippen LogP contribution in [0.3, 0.4) is 0 Å². The van der Waals surface area contributed by atoms with Crippen LogP contribution in [0.5, 0.6) is 0 Å². The molecule has 31 heavy (non-hydrogen) atoms. The maximum atomic E-state index is 13.1. The van der Waals surface area contributed by atoms with Crippen LogP contribution in [0, 0.1) is 5.82 Å². The zero-order chi connectivity index (χ0) is 21.2. The topological polar surface area (TPSA) is 67.2 Å². The number of hydrogen-bond donors (Lipinski definition) is 0. The van der Waals surface area contributed by atoms with Gasteiger partial charge in [0, 0.05) is 37.3 Å². The number of carbonyl (C=O) groups is 1. The molecule has 0 bridgehead atoms. The summed E-state index contributed by atoms with van der Waals surface area (Å²) in [5.74, 6) is 0.222. The monoisotopic (exact) mass is 416 g/mol. The van der Waals surface area contributed by atoms with Gasteiger partial charge in [-0.2, -0.15) is 0 Å². The molecule has 1 amide bonds. The summed E-state index contributed by atoms with van der Waals surface area (Å²) in [5, 5.41) is 14.7. The van der Waals surface area contributed by atoms with Crippen molar-refractivity contribution >= 4 is 16.7 Å². The molecular weight excluding hydrogens is 395 g/mol. The highest BCUT2D eigenvalue weighted by Gasteiger charge is 2.23. The molecule has 0 aliphatic carbocycles. The van der Waals surface area contributed by atoms with E-state index in [1.165, 1.54) is 16.9 Å². The SMILES string of the molecule is O=C(c1ccc2ccccc2c1)N1CCN(Cn2nnc(-c3ccc(F)cc3)n2)CC1. The van der Waals surface area contributed by atoms with Crippen LogP contribution in [0.4, 0.5) is 4.39 Å². The van der Waals surface area contributed by atoms with Crippen LogP contribution in [-0.2, 0) is 6.67 Å². The van der Waals surface area contributed by atoms with E-state index in [0.29, 0.717) is 31.1 Å². The lowest BCUT2D eigenvalue weighted by Gasteiger charge is -2.34. The zero-order valence-corrected chi connectivity index (χ0v) is 16.9. The lowest BCUT2D eigenvalue weighted by Crippen LogP contribution is -2.49. The van der Waals surface area contributed by atoms with Crippen LogP contribution in [0.25, 0.3) is 22.2 Å². The van der Waals surface area contributed by atoms with Gasteiger partial charge in [0.05, 0.1) is 0 Å². The minimum atomic E-state index is -0.299. The fraction of sp³-hybridized carbons (Fsp3) is 0.217. The van der Waals surface area contributed by atoms with Gasteiger partial charge in [0.25, 0.3) is 5.91 Å². The van der Waals surface area contributed by atoms with Gasteiger partial charge in [0.15, 0.2) is 0 Å². The van der Waals surface area contributed by atoms with Gasteiger partial charge >= 0.3 is 0 Å². The van der Waals surface area contributed by atoms with E-state index < -0.39 is 0 Å². The van der Waals surface area contributed by atoms with Gasteiger partial charge in [-0.3, -0.25) is 9.69 Å². The molecule has 4 aromatic rings. The van der Waals surface area contributed by atoms with Gasteiger partial charge in [-0.05, 0) is 52.4 Å². The van der Waals surface area contributed by atoms with Gasteiger partial charge in [-0.25, -0.2) is 4.39 Å². The van der Waals surface area contributed by atoms with Crippen molar-refractivity contribution < 1.29 is 9.18 Å². The molecule has 1 fully saturated rings. The molecule has 0 N–H and O–H groups in total. The molecule has 0 saturated carbocycles. The van der Waals surface area contributed by atoms with Crippen molar-refractivity contribution in [3.63, 3.8) is 0 Å². The molecule has 3 aromatic carbocycles. The van der Waals surface area contributed by atoms with E-state index in [2.05, 4.69) is 20.3 Å². The summed E-state index contributed by atoms with van der Waals surface area (Å²) in [6, 6.07) is 19.9. The number of piperazine rings is 1. The molecule has 0 radical (unpaired) electrons. The minimum absolute atomic E-state index is 0.0582. The molecule has 2 heterocycles. The predicted molar refractivity (Wildman–Crippen MR) is 115 cm³/mol. The number of carbonyl (C=O) groups excluding carboxylic acids is 1. The van der Waals surface area contributed by atoms with Gasteiger partial charge in [0.1, 0.15) is 12.5 Å². The van der Waals surface area contributed by atoms with Gasteiger partial charge < -0.3 is 4.90 Å². The lowest BCUT2D eigenvalue weighted by molar-refractivity contribution is 0.0574. The third-order valence-electron chi connectivity index (χ3n) is 5.54. The minimum Gasteiger partial charge on any atom is -0.336 e. The second kappa shape index (κ2) is 8.23. The first-order valence-electron chi connectivity index (χ1n) is 10.2. The van der Waals surface area contributed by atoms with Crippen molar-refractivity contribution in [2.24, 2.45) is 0 Å². The Balaban J connectivity index is 1.19. The number of aromatic nitrogens is 4. The number of benzene rings is 3. The zero-order valence-electron chi connectivity index (χ0n) is 16.9. The van der Waals surface area contributed by atoms with Crippen molar-refractivity contribution in [2.75, 3.05) is 26.2 Å². The Kier molecular flexibility index (Phi) is 5.13. The summed E-state index contributed by atoms with van der Waals surface area (Å²) in [6.07, 6.45) is 0. The summed E-state index contributed by atoms with van der Waals surface area (Å²) in [5.41, 5.74) is 1.44. The number of hydrogen-bond acceptors (Lipinski definition) is 5. The number of tetrazole rings is 1. The third kappa shape index (κ3) is 4.15. The van der Waals surface area contributed by atoms with Crippen molar-refractivity contribution in [3.8, 4) is 11.4 Å². The fourth-order valence-electron chi connectivity index (χ4n) is 3.79. The van der Waals surface area contributed by atoms with E-state index >= 15 is 0 Å². The van der Waals surface area contributed by atoms with Crippen LogP contribution >= 0.6 is 0 Å². The van der Waals surface area contributed by atoms with E-state index in [0.717, 1.165) is 29.4 Å². The van der Waals surface area contributed by atoms with Crippen LogP contribution in [-0.4, -0.2) is 62.1 Å². The smallest absolute Gasteiger partial charge is 0.253 e. The predicted octanol–water partition coefficient (Wildman–Crippen LogP) is 3.05. The average molecular weight is 416 g/mol. The highest BCUT2D eigenvalue weighted by molar-refractivity contribution is 5.98. The molecule has 0 atom stereocenters. The number of fused-ring (bicyclic) bond motifs is 1. The van der Waals surface area contributed by atoms with Gasteiger partial charge in [0.2, 0.25) is 5.82 Å². The summed E-state index contributed by atoms with van der Waals surface area (Å²) in [7, 11) is 0. The third-order valence-corrected chi connectivity index (χ3v) is 5.54. The Bertz CT molecular complexity index is 1210. The Morgan fingerprint density at radius 1 is 0.903 bits per heavy atom. The van der Waals surface area contributed by atoms with Gasteiger partial charge in [-0.1, -0.05) is 30.3 Å². The highest BCUT2D eigenvalue weighted by Crippen LogP contribution is 2.18. The van der Waals surface area contributed by atoms with Gasteiger partial charge in [-0.15, -0.1) is 15.0 Å².